The number of likely N-dealkylation sites (tertiary alicyclic amines) is 1. The van der Waals surface area contributed by atoms with Crippen LogP contribution in [0.1, 0.15) is 42.1 Å². The summed E-state index contributed by atoms with van der Waals surface area (Å²) in [5, 5.41) is 2.99. The number of nitrogens with one attached hydrogen (secondary N) is 2. The molecule has 1 aliphatic rings. The van der Waals surface area contributed by atoms with Crippen LogP contribution >= 0.6 is 0 Å². The van der Waals surface area contributed by atoms with E-state index in [0.717, 1.165) is 18.5 Å². The molecule has 2 amide bonds. The Hall–Kier alpha value is -3.75. The van der Waals surface area contributed by atoms with E-state index in [1.54, 1.807) is 11.0 Å². The van der Waals surface area contributed by atoms with Crippen LogP contribution in [0.15, 0.2) is 46.1 Å². The zero-order chi connectivity index (χ0) is 22.0. The molecule has 0 unspecified atom stereocenters. The average Bonchev–Trinajstić information content (AvgIpc) is 3.15. The van der Waals surface area contributed by atoms with Gasteiger partial charge in [-0.3, -0.25) is 23.9 Å². The van der Waals surface area contributed by atoms with Crippen LogP contribution in [0, 0.1) is 0 Å². The van der Waals surface area contributed by atoms with Crippen molar-refractivity contribution in [1.82, 2.24) is 19.4 Å². The number of fused-ring (bicyclic) bond motifs is 1. The molecule has 1 fully saturated rings. The fourth-order valence-electron chi connectivity index (χ4n) is 3.77. The van der Waals surface area contributed by atoms with Crippen LogP contribution in [0.4, 0.5) is 5.69 Å². The molecule has 9 nitrogen and oxygen atoms in total. The number of pyridine rings is 1. The Kier molecular flexibility index (Phi) is 5.66. The summed E-state index contributed by atoms with van der Waals surface area (Å²) in [5.41, 5.74) is 0.872. The maximum absolute atomic E-state index is 12.8. The second-order valence-electron chi connectivity index (χ2n) is 7.58. The van der Waals surface area contributed by atoms with Gasteiger partial charge < -0.3 is 10.2 Å². The third-order valence-electron chi connectivity index (χ3n) is 5.27. The first-order valence-electron chi connectivity index (χ1n) is 10.3. The molecular weight excluding hydrogens is 398 g/mol. The highest BCUT2D eigenvalue weighted by atomic mass is 16.2. The lowest BCUT2D eigenvalue weighted by molar-refractivity contribution is -0.128. The summed E-state index contributed by atoms with van der Waals surface area (Å²) in [4.78, 5) is 57.2. The average molecular weight is 421 g/mol. The number of H-pyrrole nitrogens is 1. The van der Waals surface area contributed by atoms with Gasteiger partial charge in [0, 0.05) is 37.9 Å². The summed E-state index contributed by atoms with van der Waals surface area (Å²) in [7, 11) is 0. The molecule has 3 aromatic rings. The van der Waals surface area contributed by atoms with Crippen molar-refractivity contribution in [3.05, 3.63) is 68.5 Å². The molecule has 9 heteroatoms. The number of aromatic amines is 1. The van der Waals surface area contributed by atoms with Crippen LogP contribution in [-0.4, -0.2) is 37.8 Å². The van der Waals surface area contributed by atoms with Crippen molar-refractivity contribution in [1.29, 1.82) is 0 Å². The summed E-state index contributed by atoms with van der Waals surface area (Å²) >= 11 is 0. The van der Waals surface area contributed by atoms with Crippen LogP contribution in [0.5, 0.6) is 0 Å². The lowest BCUT2D eigenvalue weighted by atomic mass is 10.1. The fraction of sp³-hybridized carbons (Fsp3) is 0.318. The van der Waals surface area contributed by atoms with Crippen molar-refractivity contribution >= 4 is 28.5 Å². The predicted octanol–water partition coefficient (Wildman–Crippen LogP) is 1.87. The first kappa shape index (κ1) is 20.5. The lowest BCUT2D eigenvalue weighted by Crippen LogP contribution is -2.31. The summed E-state index contributed by atoms with van der Waals surface area (Å²) in [6.45, 7) is 3.58. The van der Waals surface area contributed by atoms with Crippen LogP contribution in [0.25, 0.3) is 11.0 Å². The smallest absolute Gasteiger partial charge is 0.329 e. The second kappa shape index (κ2) is 8.55. The number of amides is 2. The largest absolute Gasteiger partial charge is 0.338 e. The van der Waals surface area contributed by atoms with Crippen molar-refractivity contribution in [2.45, 2.75) is 39.3 Å². The maximum atomic E-state index is 12.8. The number of aromatic nitrogens is 3. The van der Waals surface area contributed by atoms with Gasteiger partial charge in [0.25, 0.3) is 11.5 Å². The van der Waals surface area contributed by atoms with Crippen molar-refractivity contribution in [3.8, 4) is 0 Å². The number of hydrogen-bond acceptors (Lipinski definition) is 5. The number of benzene rings is 1. The highest BCUT2D eigenvalue weighted by Crippen LogP contribution is 2.18. The van der Waals surface area contributed by atoms with Crippen LogP contribution in [0.3, 0.4) is 0 Å². The van der Waals surface area contributed by atoms with E-state index in [2.05, 4.69) is 15.3 Å². The van der Waals surface area contributed by atoms with E-state index in [1.807, 2.05) is 25.1 Å². The minimum Gasteiger partial charge on any atom is -0.338 e. The van der Waals surface area contributed by atoms with E-state index in [0.29, 0.717) is 31.6 Å². The predicted molar refractivity (Wildman–Crippen MR) is 116 cm³/mol. The number of hydrogen-bond donors (Lipinski definition) is 2. The summed E-state index contributed by atoms with van der Waals surface area (Å²) < 4.78 is 1.39. The first-order valence-corrected chi connectivity index (χ1v) is 10.3. The van der Waals surface area contributed by atoms with Crippen molar-refractivity contribution in [2.24, 2.45) is 0 Å². The Morgan fingerprint density at radius 2 is 2.06 bits per heavy atom. The first-order chi connectivity index (χ1) is 15.0. The van der Waals surface area contributed by atoms with Gasteiger partial charge in [0.05, 0.1) is 10.9 Å². The Balaban J connectivity index is 1.57. The molecule has 0 bridgehead atoms. The molecule has 2 aromatic heterocycles. The zero-order valence-electron chi connectivity index (χ0n) is 17.2. The SMILES string of the molecule is CCCn1c(=O)[nH]c(=O)c2cc(C(=O)Nc3cccc(CN4CCCC4=O)c3)cnc21. The van der Waals surface area contributed by atoms with Gasteiger partial charge in [-0.1, -0.05) is 19.1 Å². The van der Waals surface area contributed by atoms with Crippen molar-refractivity contribution in [3.63, 3.8) is 0 Å². The molecule has 160 valence electrons. The molecule has 3 heterocycles. The van der Waals surface area contributed by atoms with Crippen LogP contribution in [-0.2, 0) is 17.9 Å². The monoisotopic (exact) mass is 421 g/mol. The Bertz CT molecular complexity index is 1280. The summed E-state index contributed by atoms with van der Waals surface area (Å²) in [5.74, 6) is -0.278. The van der Waals surface area contributed by atoms with Crippen LogP contribution in [0.2, 0.25) is 0 Å². The van der Waals surface area contributed by atoms with E-state index in [4.69, 9.17) is 0 Å². The molecule has 2 N–H and O–H groups in total. The van der Waals surface area contributed by atoms with Crippen molar-refractivity contribution < 1.29 is 9.59 Å². The van der Waals surface area contributed by atoms with E-state index in [9.17, 15) is 19.2 Å². The molecule has 0 spiro atoms. The molecular formula is C22H23N5O4. The van der Waals surface area contributed by atoms with Crippen LogP contribution < -0.4 is 16.6 Å². The Labute approximate surface area is 177 Å². The molecule has 0 radical (unpaired) electrons. The Morgan fingerprint density at radius 3 is 2.81 bits per heavy atom. The van der Waals surface area contributed by atoms with Gasteiger partial charge in [-0.2, -0.15) is 0 Å². The topological polar surface area (TPSA) is 117 Å². The third-order valence-corrected chi connectivity index (χ3v) is 5.27. The summed E-state index contributed by atoms with van der Waals surface area (Å²) in [6, 6.07) is 8.75. The number of rotatable bonds is 6. The fourth-order valence-corrected chi connectivity index (χ4v) is 3.77. The minimum atomic E-state index is -0.577. The second-order valence-corrected chi connectivity index (χ2v) is 7.58. The molecule has 1 aromatic carbocycles. The quantitative estimate of drug-likeness (QED) is 0.630. The highest BCUT2D eigenvalue weighted by molar-refractivity contribution is 6.05. The maximum Gasteiger partial charge on any atom is 0.329 e. The van der Waals surface area contributed by atoms with E-state index in [1.165, 1.54) is 16.8 Å². The molecule has 31 heavy (non-hydrogen) atoms. The van der Waals surface area contributed by atoms with Gasteiger partial charge >= 0.3 is 5.69 Å². The molecule has 1 saturated heterocycles. The number of aryl methyl sites for hydroxylation is 1. The number of carbonyl (C=O) groups is 2. The molecule has 0 saturated carbocycles. The minimum absolute atomic E-state index is 0.142. The third kappa shape index (κ3) is 4.25. The molecule has 0 aliphatic carbocycles. The van der Waals surface area contributed by atoms with E-state index >= 15 is 0 Å². The van der Waals surface area contributed by atoms with Gasteiger partial charge in [-0.25, -0.2) is 9.78 Å². The highest BCUT2D eigenvalue weighted by Gasteiger charge is 2.20. The number of nitrogens with zero attached hydrogens (tertiary/aromatic N) is 3. The van der Waals surface area contributed by atoms with E-state index < -0.39 is 17.2 Å². The van der Waals surface area contributed by atoms with E-state index in [-0.39, 0.29) is 22.5 Å². The summed E-state index contributed by atoms with van der Waals surface area (Å²) in [6.07, 6.45) is 3.51. The number of anilines is 1. The zero-order valence-corrected chi connectivity index (χ0v) is 17.2. The van der Waals surface area contributed by atoms with Gasteiger partial charge in [0.2, 0.25) is 5.91 Å². The standard InChI is InChI=1S/C22H23N5O4/c1-2-8-27-19-17(21(30)25-22(27)31)11-15(12-23-19)20(29)24-16-6-3-5-14(10-16)13-26-9-4-7-18(26)28/h3,5-6,10-12H,2,4,7-9,13H2,1H3,(H,24,29)(H,25,30,31). The molecule has 1 aliphatic heterocycles. The van der Waals surface area contributed by atoms with Gasteiger partial charge in [-0.05, 0) is 36.6 Å². The molecule has 4 rings (SSSR count). The number of carbonyl (C=O) groups excluding carboxylic acids is 2. The Morgan fingerprint density at radius 1 is 1.23 bits per heavy atom. The molecule has 0 atom stereocenters. The van der Waals surface area contributed by atoms with Gasteiger partial charge in [0.15, 0.2) is 0 Å². The normalized spacial score (nSPS) is 13.7. The van der Waals surface area contributed by atoms with Gasteiger partial charge in [-0.15, -0.1) is 0 Å². The van der Waals surface area contributed by atoms with Gasteiger partial charge in [0.1, 0.15) is 5.65 Å². The lowest BCUT2D eigenvalue weighted by Gasteiger charge is -2.16. The van der Waals surface area contributed by atoms with Crippen molar-refractivity contribution in [2.75, 3.05) is 11.9 Å².